The van der Waals surface area contributed by atoms with E-state index in [9.17, 15) is 13.6 Å². The highest BCUT2D eigenvalue weighted by atomic mass is 32.1. The van der Waals surface area contributed by atoms with Crippen LogP contribution in [0.25, 0.3) is 10.2 Å². The van der Waals surface area contributed by atoms with Crippen LogP contribution in [0, 0.1) is 0 Å². The van der Waals surface area contributed by atoms with Crippen molar-refractivity contribution in [3.05, 3.63) is 59.1 Å². The van der Waals surface area contributed by atoms with Crippen molar-refractivity contribution in [3.63, 3.8) is 0 Å². The molecule has 1 aliphatic heterocycles. The maximum Gasteiger partial charge on any atom is 0.387 e. The normalized spacial score (nSPS) is 17.4. The predicted molar refractivity (Wildman–Crippen MR) is 100 cm³/mol. The number of alkyl halides is 2. The number of likely N-dealkylation sites (tertiary alicyclic amines) is 1. The van der Waals surface area contributed by atoms with Crippen LogP contribution in [0.1, 0.15) is 40.7 Å². The van der Waals surface area contributed by atoms with Gasteiger partial charge in [-0.05, 0) is 49.6 Å². The van der Waals surface area contributed by atoms with Crippen LogP contribution in [0.15, 0.2) is 48.5 Å². The summed E-state index contributed by atoms with van der Waals surface area (Å²) in [6.07, 6.45) is 2.79. The number of amides is 1. The summed E-state index contributed by atoms with van der Waals surface area (Å²) < 4.78 is 30.5. The van der Waals surface area contributed by atoms with E-state index in [0.29, 0.717) is 12.1 Å². The number of hydrogen-bond acceptors (Lipinski definition) is 4. The summed E-state index contributed by atoms with van der Waals surface area (Å²) >= 11 is 1.60. The van der Waals surface area contributed by atoms with E-state index in [1.807, 2.05) is 29.2 Å². The van der Waals surface area contributed by atoms with Gasteiger partial charge in [-0.1, -0.05) is 18.2 Å². The molecular formula is C20H18F2N2O2S. The fourth-order valence-electron chi connectivity index (χ4n) is 3.44. The summed E-state index contributed by atoms with van der Waals surface area (Å²) in [7, 11) is 0. The van der Waals surface area contributed by atoms with Gasteiger partial charge in [0.15, 0.2) is 0 Å². The first kappa shape index (κ1) is 17.9. The van der Waals surface area contributed by atoms with Crippen LogP contribution in [-0.2, 0) is 0 Å². The summed E-state index contributed by atoms with van der Waals surface area (Å²) in [5.74, 6) is -0.192. The van der Waals surface area contributed by atoms with Crippen molar-refractivity contribution in [3.8, 4) is 5.75 Å². The van der Waals surface area contributed by atoms with Gasteiger partial charge in [0, 0.05) is 12.1 Å². The van der Waals surface area contributed by atoms with Crippen LogP contribution in [0.3, 0.4) is 0 Å². The Bertz CT molecular complexity index is 927. The third kappa shape index (κ3) is 3.78. The lowest BCUT2D eigenvalue weighted by atomic mass is 10.0. The molecule has 0 saturated carbocycles. The monoisotopic (exact) mass is 388 g/mol. The lowest BCUT2D eigenvalue weighted by molar-refractivity contribution is -0.0499. The minimum absolute atomic E-state index is 0.00982. The van der Waals surface area contributed by atoms with E-state index >= 15 is 0 Å². The van der Waals surface area contributed by atoms with Gasteiger partial charge in [-0.2, -0.15) is 8.78 Å². The number of thiazole rings is 1. The standard InChI is InChI=1S/C20H18F2N2O2S/c21-20(22)26-14-7-5-6-13(12-14)19(25)24-11-4-3-9-16(24)18-23-15-8-1-2-10-17(15)27-18/h1-2,5-8,10,12,16,20H,3-4,9,11H2. The van der Waals surface area contributed by atoms with Crippen LogP contribution in [0.2, 0.25) is 0 Å². The number of fused-ring (bicyclic) bond motifs is 1. The second kappa shape index (κ2) is 7.60. The number of ether oxygens (including phenoxy) is 1. The molecule has 2 heterocycles. The van der Waals surface area contributed by atoms with E-state index < -0.39 is 6.61 Å². The molecule has 4 rings (SSSR count). The first-order valence-electron chi connectivity index (χ1n) is 8.83. The second-order valence-corrected chi connectivity index (χ2v) is 7.50. The van der Waals surface area contributed by atoms with Crippen molar-refractivity contribution in [1.82, 2.24) is 9.88 Å². The summed E-state index contributed by atoms with van der Waals surface area (Å²) in [5, 5.41) is 0.921. The number of carbonyl (C=O) groups is 1. The van der Waals surface area contributed by atoms with E-state index in [1.165, 1.54) is 12.1 Å². The van der Waals surface area contributed by atoms with Crippen LogP contribution >= 0.6 is 11.3 Å². The van der Waals surface area contributed by atoms with Gasteiger partial charge < -0.3 is 9.64 Å². The number of para-hydroxylation sites is 1. The van der Waals surface area contributed by atoms with Crippen molar-refractivity contribution < 1.29 is 18.3 Å². The topological polar surface area (TPSA) is 42.4 Å². The number of piperidine rings is 1. The van der Waals surface area contributed by atoms with Gasteiger partial charge in [0.05, 0.1) is 16.3 Å². The van der Waals surface area contributed by atoms with E-state index in [0.717, 1.165) is 34.5 Å². The lowest BCUT2D eigenvalue weighted by Gasteiger charge is -2.34. The molecule has 0 radical (unpaired) electrons. The van der Waals surface area contributed by atoms with Crippen molar-refractivity contribution in [2.75, 3.05) is 6.54 Å². The van der Waals surface area contributed by atoms with Gasteiger partial charge >= 0.3 is 6.61 Å². The molecule has 27 heavy (non-hydrogen) atoms. The van der Waals surface area contributed by atoms with Crippen molar-refractivity contribution in [2.24, 2.45) is 0 Å². The molecule has 1 atom stereocenters. The Morgan fingerprint density at radius 1 is 1.19 bits per heavy atom. The SMILES string of the molecule is O=C(c1cccc(OC(F)F)c1)N1CCCCC1c1nc2ccccc2s1. The number of nitrogens with zero attached hydrogens (tertiary/aromatic N) is 2. The quantitative estimate of drug-likeness (QED) is 0.612. The highest BCUT2D eigenvalue weighted by Crippen LogP contribution is 2.36. The second-order valence-electron chi connectivity index (χ2n) is 6.44. The number of halogens is 2. The molecule has 0 aliphatic carbocycles. The Labute approximate surface area is 159 Å². The van der Waals surface area contributed by atoms with Gasteiger partial charge in [0.25, 0.3) is 5.91 Å². The Balaban J connectivity index is 1.63. The minimum atomic E-state index is -2.92. The zero-order valence-corrected chi connectivity index (χ0v) is 15.3. The molecule has 0 N–H and O–H groups in total. The Hall–Kier alpha value is -2.54. The van der Waals surface area contributed by atoms with E-state index in [4.69, 9.17) is 4.98 Å². The van der Waals surface area contributed by atoms with Crippen molar-refractivity contribution in [2.45, 2.75) is 31.9 Å². The van der Waals surface area contributed by atoms with Gasteiger partial charge in [0.2, 0.25) is 0 Å². The molecule has 7 heteroatoms. The van der Waals surface area contributed by atoms with Gasteiger partial charge in [0.1, 0.15) is 10.8 Å². The predicted octanol–water partition coefficient (Wildman–Crippen LogP) is 5.27. The molecule has 2 aromatic carbocycles. The van der Waals surface area contributed by atoms with E-state index in [1.54, 1.807) is 23.5 Å². The molecule has 0 bridgehead atoms. The highest BCUT2D eigenvalue weighted by Gasteiger charge is 2.31. The van der Waals surface area contributed by atoms with Crippen molar-refractivity contribution >= 4 is 27.5 Å². The summed E-state index contributed by atoms with van der Waals surface area (Å²) in [6, 6.07) is 13.8. The summed E-state index contributed by atoms with van der Waals surface area (Å²) in [4.78, 5) is 19.6. The number of rotatable bonds is 4. The molecule has 4 nitrogen and oxygen atoms in total. The van der Waals surface area contributed by atoms with Crippen LogP contribution in [0.5, 0.6) is 5.75 Å². The molecule has 1 aromatic heterocycles. The fourth-order valence-corrected chi connectivity index (χ4v) is 4.55. The van der Waals surface area contributed by atoms with Gasteiger partial charge in [-0.15, -0.1) is 11.3 Å². The Kier molecular flexibility index (Phi) is 5.03. The molecule has 140 valence electrons. The zero-order valence-electron chi connectivity index (χ0n) is 14.5. The summed E-state index contributed by atoms with van der Waals surface area (Å²) in [6.45, 7) is -2.29. The smallest absolute Gasteiger partial charge is 0.387 e. The van der Waals surface area contributed by atoms with Crippen LogP contribution in [-0.4, -0.2) is 28.9 Å². The molecule has 1 amide bonds. The highest BCUT2D eigenvalue weighted by molar-refractivity contribution is 7.18. The third-order valence-corrected chi connectivity index (χ3v) is 5.80. The van der Waals surface area contributed by atoms with Crippen LogP contribution in [0.4, 0.5) is 8.78 Å². The lowest BCUT2D eigenvalue weighted by Crippen LogP contribution is -2.38. The third-order valence-electron chi connectivity index (χ3n) is 4.67. The maximum atomic E-state index is 13.1. The first-order chi connectivity index (χ1) is 13.1. The number of carbonyl (C=O) groups excluding carboxylic acids is 1. The number of aromatic nitrogens is 1. The fraction of sp³-hybridized carbons (Fsp3) is 0.300. The van der Waals surface area contributed by atoms with Crippen molar-refractivity contribution in [1.29, 1.82) is 0 Å². The number of benzene rings is 2. The summed E-state index contributed by atoms with van der Waals surface area (Å²) in [5.41, 5.74) is 1.28. The zero-order chi connectivity index (χ0) is 18.8. The van der Waals surface area contributed by atoms with E-state index in [2.05, 4.69) is 4.74 Å². The molecular weight excluding hydrogens is 370 g/mol. The molecule has 0 spiro atoms. The molecule has 3 aromatic rings. The Morgan fingerprint density at radius 3 is 2.85 bits per heavy atom. The molecule has 1 aliphatic rings. The largest absolute Gasteiger partial charge is 0.435 e. The average molecular weight is 388 g/mol. The molecule has 1 fully saturated rings. The van der Waals surface area contributed by atoms with Gasteiger partial charge in [-0.25, -0.2) is 4.98 Å². The molecule has 1 saturated heterocycles. The van der Waals surface area contributed by atoms with Crippen LogP contribution < -0.4 is 4.74 Å². The average Bonchev–Trinajstić information content (AvgIpc) is 3.11. The molecule has 1 unspecified atom stereocenters. The number of hydrogen-bond donors (Lipinski definition) is 0. The maximum absolute atomic E-state index is 13.1. The Morgan fingerprint density at radius 2 is 2.04 bits per heavy atom. The van der Waals surface area contributed by atoms with Gasteiger partial charge in [-0.3, -0.25) is 4.79 Å². The van der Waals surface area contributed by atoms with E-state index in [-0.39, 0.29) is 17.7 Å². The minimum Gasteiger partial charge on any atom is -0.435 e. The first-order valence-corrected chi connectivity index (χ1v) is 9.65.